The van der Waals surface area contributed by atoms with Gasteiger partial charge in [0.15, 0.2) is 11.0 Å². The van der Waals surface area contributed by atoms with E-state index in [0.717, 1.165) is 18.5 Å². The van der Waals surface area contributed by atoms with Crippen molar-refractivity contribution in [3.05, 3.63) is 64.7 Å². The first-order chi connectivity index (χ1) is 11.5. The van der Waals surface area contributed by atoms with Gasteiger partial charge in [0.05, 0.1) is 12.2 Å². The SMILES string of the molecule is Fc1ccc(C(Cc2ncnc(Cl)c2F)Cn2cnnn2)c(F)c1. The van der Waals surface area contributed by atoms with E-state index >= 15 is 0 Å². The van der Waals surface area contributed by atoms with Gasteiger partial charge in [0.1, 0.15) is 24.3 Å². The van der Waals surface area contributed by atoms with Gasteiger partial charge < -0.3 is 0 Å². The second-order valence-electron chi connectivity index (χ2n) is 5.02. The molecule has 2 heterocycles. The summed E-state index contributed by atoms with van der Waals surface area (Å²) in [6.45, 7) is 0.149. The lowest BCUT2D eigenvalue weighted by molar-refractivity contribution is 0.464. The van der Waals surface area contributed by atoms with Gasteiger partial charge in [-0.15, -0.1) is 5.10 Å². The highest BCUT2D eigenvalue weighted by Crippen LogP contribution is 2.27. The Bertz CT molecular complexity index is 843. The number of halogens is 4. The van der Waals surface area contributed by atoms with Crippen LogP contribution in [0, 0.1) is 17.5 Å². The molecule has 0 fully saturated rings. The minimum atomic E-state index is -0.775. The Morgan fingerprint density at radius 2 is 2.00 bits per heavy atom. The molecule has 0 radical (unpaired) electrons. The predicted octanol–water partition coefficient (Wildman–Crippen LogP) is 2.56. The third-order valence-corrected chi connectivity index (χ3v) is 3.72. The Labute approximate surface area is 139 Å². The Morgan fingerprint density at radius 3 is 2.71 bits per heavy atom. The Kier molecular flexibility index (Phi) is 4.70. The van der Waals surface area contributed by atoms with Crippen molar-refractivity contribution in [2.24, 2.45) is 0 Å². The number of tetrazole rings is 1. The summed E-state index contributed by atoms with van der Waals surface area (Å²) in [6.07, 6.45) is 2.48. The van der Waals surface area contributed by atoms with Gasteiger partial charge in [-0.05, 0) is 22.1 Å². The lowest BCUT2D eigenvalue weighted by atomic mass is 9.93. The van der Waals surface area contributed by atoms with Crippen LogP contribution in [0.4, 0.5) is 13.2 Å². The Morgan fingerprint density at radius 1 is 1.17 bits per heavy atom. The molecule has 1 atom stereocenters. The topological polar surface area (TPSA) is 69.4 Å². The molecular formula is C14H10ClF3N6. The van der Waals surface area contributed by atoms with Crippen molar-refractivity contribution < 1.29 is 13.2 Å². The van der Waals surface area contributed by atoms with E-state index in [1.54, 1.807) is 0 Å². The summed E-state index contributed by atoms with van der Waals surface area (Å²) < 4.78 is 42.7. The summed E-state index contributed by atoms with van der Waals surface area (Å²) in [5, 5.41) is 10.4. The average molecular weight is 355 g/mol. The Balaban J connectivity index is 1.96. The average Bonchev–Trinajstić information content (AvgIpc) is 3.04. The number of nitrogens with zero attached hydrogens (tertiary/aromatic N) is 6. The number of benzene rings is 1. The monoisotopic (exact) mass is 354 g/mol. The predicted molar refractivity (Wildman–Crippen MR) is 77.6 cm³/mol. The fourth-order valence-corrected chi connectivity index (χ4v) is 2.51. The lowest BCUT2D eigenvalue weighted by Gasteiger charge is -2.18. The first-order valence-electron chi connectivity index (χ1n) is 6.85. The molecule has 2 aromatic heterocycles. The van der Waals surface area contributed by atoms with Crippen molar-refractivity contribution >= 4 is 11.6 Å². The normalized spacial score (nSPS) is 12.3. The second-order valence-corrected chi connectivity index (χ2v) is 5.38. The van der Waals surface area contributed by atoms with Crippen molar-refractivity contribution in [1.29, 1.82) is 0 Å². The van der Waals surface area contributed by atoms with Crippen LogP contribution in [0.5, 0.6) is 0 Å². The van der Waals surface area contributed by atoms with E-state index in [4.69, 9.17) is 11.6 Å². The van der Waals surface area contributed by atoms with E-state index in [-0.39, 0.29) is 29.4 Å². The van der Waals surface area contributed by atoms with Crippen LogP contribution in [0.1, 0.15) is 17.2 Å². The highest BCUT2D eigenvalue weighted by atomic mass is 35.5. The van der Waals surface area contributed by atoms with Crippen LogP contribution in [0.3, 0.4) is 0 Å². The second kappa shape index (κ2) is 6.91. The molecule has 6 nitrogen and oxygen atoms in total. The summed E-state index contributed by atoms with van der Waals surface area (Å²) >= 11 is 5.65. The van der Waals surface area contributed by atoms with Crippen molar-refractivity contribution in [2.45, 2.75) is 18.9 Å². The molecule has 0 amide bonds. The van der Waals surface area contributed by atoms with E-state index in [0.29, 0.717) is 0 Å². The largest absolute Gasteiger partial charge is 0.238 e. The quantitative estimate of drug-likeness (QED) is 0.659. The maximum absolute atomic E-state index is 14.2. The van der Waals surface area contributed by atoms with Gasteiger partial charge in [-0.2, -0.15) is 0 Å². The number of hydrogen-bond acceptors (Lipinski definition) is 5. The molecule has 0 aliphatic rings. The fourth-order valence-electron chi connectivity index (χ4n) is 2.35. The van der Waals surface area contributed by atoms with Gasteiger partial charge >= 0.3 is 0 Å². The Hall–Kier alpha value is -2.55. The highest BCUT2D eigenvalue weighted by Gasteiger charge is 2.22. The van der Waals surface area contributed by atoms with Crippen molar-refractivity contribution in [1.82, 2.24) is 30.2 Å². The lowest BCUT2D eigenvalue weighted by Crippen LogP contribution is -2.16. The van der Waals surface area contributed by atoms with Crippen molar-refractivity contribution in [2.75, 3.05) is 0 Å². The van der Waals surface area contributed by atoms with E-state index in [9.17, 15) is 13.2 Å². The first kappa shape index (κ1) is 16.3. The molecule has 124 valence electrons. The van der Waals surface area contributed by atoms with Crippen LogP contribution in [0.2, 0.25) is 5.15 Å². The maximum atomic E-state index is 14.2. The number of aromatic nitrogens is 6. The molecule has 3 rings (SSSR count). The van der Waals surface area contributed by atoms with Crippen LogP contribution in [0.15, 0.2) is 30.9 Å². The molecule has 1 unspecified atom stereocenters. The van der Waals surface area contributed by atoms with E-state index < -0.39 is 23.4 Å². The molecule has 0 bridgehead atoms. The molecule has 0 aliphatic heterocycles. The molecule has 3 aromatic rings. The third kappa shape index (κ3) is 3.51. The van der Waals surface area contributed by atoms with E-state index in [1.807, 2.05) is 0 Å². The van der Waals surface area contributed by atoms with Crippen LogP contribution in [-0.2, 0) is 13.0 Å². The third-order valence-electron chi connectivity index (χ3n) is 3.46. The van der Waals surface area contributed by atoms with Gasteiger partial charge in [-0.25, -0.2) is 27.8 Å². The van der Waals surface area contributed by atoms with Gasteiger partial charge in [-0.3, -0.25) is 0 Å². The zero-order valence-corrected chi connectivity index (χ0v) is 12.8. The van der Waals surface area contributed by atoms with Crippen molar-refractivity contribution in [3.63, 3.8) is 0 Å². The standard InChI is InChI=1S/C14H10ClF3N6/c15-14-13(18)12(19-6-20-14)3-8(5-24-7-21-22-23-24)10-2-1-9(16)4-11(10)17/h1-2,4,6-8H,3,5H2. The van der Waals surface area contributed by atoms with Crippen LogP contribution < -0.4 is 0 Å². The molecule has 0 saturated carbocycles. The van der Waals surface area contributed by atoms with Crippen LogP contribution in [-0.4, -0.2) is 30.2 Å². The molecule has 0 aliphatic carbocycles. The van der Waals surface area contributed by atoms with Gasteiger partial charge in [-0.1, -0.05) is 17.7 Å². The summed E-state index contributed by atoms with van der Waals surface area (Å²) in [6, 6.07) is 3.21. The number of rotatable bonds is 5. The summed E-state index contributed by atoms with van der Waals surface area (Å²) in [5.74, 6) is -2.81. The van der Waals surface area contributed by atoms with Gasteiger partial charge in [0.2, 0.25) is 0 Å². The van der Waals surface area contributed by atoms with E-state index in [1.165, 1.54) is 17.1 Å². The first-order valence-corrected chi connectivity index (χ1v) is 7.23. The highest BCUT2D eigenvalue weighted by molar-refractivity contribution is 6.29. The molecule has 10 heteroatoms. The minimum absolute atomic E-state index is 0.0104. The summed E-state index contributed by atoms with van der Waals surface area (Å²) in [4.78, 5) is 7.40. The van der Waals surface area contributed by atoms with Gasteiger partial charge in [0, 0.05) is 18.4 Å². The fraction of sp³-hybridized carbons (Fsp3) is 0.214. The maximum Gasteiger partial charge on any atom is 0.181 e. The zero-order chi connectivity index (χ0) is 17.1. The number of hydrogen-bond donors (Lipinski definition) is 0. The van der Waals surface area contributed by atoms with Crippen LogP contribution >= 0.6 is 11.6 Å². The molecule has 0 spiro atoms. The smallest absolute Gasteiger partial charge is 0.181 e. The molecule has 0 N–H and O–H groups in total. The molecule has 1 aromatic carbocycles. The summed E-state index contributed by atoms with van der Waals surface area (Å²) in [5.41, 5.74) is 0.220. The molecular weight excluding hydrogens is 345 g/mol. The molecule has 24 heavy (non-hydrogen) atoms. The van der Waals surface area contributed by atoms with E-state index in [2.05, 4.69) is 25.5 Å². The molecule has 0 saturated heterocycles. The minimum Gasteiger partial charge on any atom is -0.238 e. The summed E-state index contributed by atoms with van der Waals surface area (Å²) in [7, 11) is 0. The van der Waals surface area contributed by atoms with Crippen molar-refractivity contribution in [3.8, 4) is 0 Å². The van der Waals surface area contributed by atoms with Gasteiger partial charge in [0.25, 0.3) is 0 Å². The van der Waals surface area contributed by atoms with Crippen LogP contribution in [0.25, 0.3) is 0 Å². The zero-order valence-electron chi connectivity index (χ0n) is 12.1.